The van der Waals surface area contributed by atoms with Gasteiger partial charge >= 0.3 is 0 Å². The summed E-state index contributed by atoms with van der Waals surface area (Å²) in [5.74, 6) is 0.740. The van der Waals surface area contributed by atoms with Crippen molar-refractivity contribution in [1.82, 2.24) is 9.97 Å². The van der Waals surface area contributed by atoms with Gasteiger partial charge in [-0.15, -0.1) is 0 Å². The Kier molecular flexibility index (Phi) is 3.07. The summed E-state index contributed by atoms with van der Waals surface area (Å²) in [5.41, 5.74) is 9.80. The van der Waals surface area contributed by atoms with E-state index in [1.54, 1.807) is 12.4 Å². The van der Waals surface area contributed by atoms with E-state index < -0.39 is 0 Å². The van der Waals surface area contributed by atoms with Gasteiger partial charge in [-0.1, -0.05) is 30.7 Å². The molecular weight excluding hydrogens is 222 g/mol. The Hall–Kier alpha value is -1.74. The zero-order valence-corrected chi connectivity index (χ0v) is 10.3. The first-order chi connectivity index (χ1) is 8.84. The largest absolute Gasteiger partial charge is 0.320 e. The molecule has 1 unspecified atom stereocenters. The standard InChI is InChI=1S/C15H17N3/c16-15(14-8-17-10-18-9-14)13-6-2-5-12(7-13)11-3-1-4-11/h2,5-11,15H,1,3-4,16H2. The molecule has 1 aliphatic rings. The third-order valence-electron chi connectivity index (χ3n) is 3.79. The van der Waals surface area contributed by atoms with Gasteiger partial charge in [-0.05, 0) is 29.9 Å². The molecule has 0 saturated heterocycles. The Balaban J connectivity index is 1.87. The monoisotopic (exact) mass is 239 g/mol. The molecule has 1 aromatic carbocycles. The number of nitrogens with zero attached hydrogens (tertiary/aromatic N) is 2. The first-order valence-corrected chi connectivity index (χ1v) is 6.45. The zero-order valence-electron chi connectivity index (χ0n) is 10.3. The molecule has 1 aliphatic carbocycles. The number of benzene rings is 1. The molecule has 1 aromatic heterocycles. The molecule has 2 aromatic rings. The fourth-order valence-electron chi connectivity index (χ4n) is 2.41. The first-order valence-electron chi connectivity index (χ1n) is 6.45. The summed E-state index contributed by atoms with van der Waals surface area (Å²) in [6.45, 7) is 0. The van der Waals surface area contributed by atoms with E-state index in [-0.39, 0.29) is 6.04 Å². The van der Waals surface area contributed by atoms with E-state index >= 15 is 0 Å². The number of hydrogen-bond acceptors (Lipinski definition) is 3. The summed E-state index contributed by atoms with van der Waals surface area (Å²) in [6.07, 6.45) is 9.08. The van der Waals surface area contributed by atoms with Crippen LogP contribution in [0.4, 0.5) is 0 Å². The third-order valence-corrected chi connectivity index (χ3v) is 3.79. The Labute approximate surface area is 107 Å². The predicted molar refractivity (Wildman–Crippen MR) is 71.1 cm³/mol. The molecule has 92 valence electrons. The van der Waals surface area contributed by atoms with Crippen LogP contribution in [-0.4, -0.2) is 9.97 Å². The quantitative estimate of drug-likeness (QED) is 0.896. The van der Waals surface area contributed by atoms with Gasteiger partial charge in [0.15, 0.2) is 0 Å². The van der Waals surface area contributed by atoms with Crippen LogP contribution < -0.4 is 5.73 Å². The van der Waals surface area contributed by atoms with Crippen molar-refractivity contribution in [1.29, 1.82) is 0 Å². The maximum absolute atomic E-state index is 6.26. The lowest BCUT2D eigenvalue weighted by molar-refractivity contribution is 0.419. The van der Waals surface area contributed by atoms with Gasteiger partial charge in [0, 0.05) is 18.0 Å². The van der Waals surface area contributed by atoms with Crippen molar-refractivity contribution in [2.24, 2.45) is 5.73 Å². The highest BCUT2D eigenvalue weighted by Crippen LogP contribution is 2.37. The van der Waals surface area contributed by atoms with Crippen LogP contribution in [0.3, 0.4) is 0 Å². The summed E-state index contributed by atoms with van der Waals surface area (Å²) >= 11 is 0. The predicted octanol–water partition coefficient (Wildman–Crippen LogP) is 2.79. The van der Waals surface area contributed by atoms with Crippen molar-refractivity contribution < 1.29 is 0 Å². The van der Waals surface area contributed by atoms with Gasteiger partial charge in [0.2, 0.25) is 0 Å². The van der Waals surface area contributed by atoms with Gasteiger partial charge in [0.05, 0.1) is 6.04 Å². The lowest BCUT2D eigenvalue weighted by Crippen LogP contribution is -2.14. The normalized spacial score (nSPS) is 17.2. The summed E-state index contributed by atoms with van der Waals surface area (Å²) in [7, 11) is 0. The van der Waals surface area contributed by atoms with E-state index in [1.165, 1.54) is 31.2 Å². The third kappa shape index (κ3) is 2.14. The van der Waals surface area contributed by atoms with Gasteiger partial charge in [-0.25, -0.2) is 9.97 Å². The van der Waals surface area contributed by atoms with Crippen LogP contribution in [0.25, 0.3) is 0 Å². The van der Waals surface area contributed by atoms with Crippen molar-refractivity contribution in [3.8, 4) is 0 Å². The van der Waals surface area contributed by atoms with E-state index in [0.29, 0.717) is 0 Å². The molecule has 18 heavy (non-hydrogen) atoms. The van der Waals surface area contributed by atoms with Gasteiger partial charge < -0.3 is 5.73 Å². The van der Waals surface area contributed by atoms with Crippen LogP contribution in [0, 0.1) is 0 Å². The van der Waals surface area contributed by atoms with Gasteiger partial charge in [-0.3, -0.25) is 0 Å². The van der Waals surface area contributed by atoms with Gasteiger partial charge in [0.25, 0.3) is 0 Å². The average Bonchev–Trinajstić information content (AvgIpc) is 2.37. The van der Waals surface area contributed by atoms with E-state index in [2.05, 4.69) is 34.2 Å². The van der Waals surface area contributed by atoms with Crippen LogP contribution in [-0.2, 0) is 0 Å². The number of nitrogens with two attached hydrogens (primary N) is 1. The van der Waals surface area contributed by atoms with Crippen molar-refractivity contribution in [3.63, 3.8) is 0 Å². The van der Waals surface area contributed by atoms with Crippen molar-refractivity contribution in [2.45, 2.75) is 31.2 Å². The summed E-state index contributed by atoms with van der Waals surface area (Å²) in [4.78, 5) is 8.05. The van der Waals surface area contributed by atoms with E-state index in [4.69, 9.17) is 5.73 Å². The molecule has 2 N–H and O–H groups in total. The molecule has 0 radical (unpaired) electrons. The van der Waals surface area contributed by atoms with E-state index in [0.717, 1.165) is 17.0 Å². The smallest absolute Gasteiger partial charge is 0.115 e. The average molecular weight is 239 g/mol. The SMILES string of the molecule is NC(c1cncnc1)c1cccc(C2CCC2)c1. The minimum absolute atomic E-state index is 0.133. The van der Waals surface area contributed by atoms with E-state index in [9.17, 15) is 0 Å². The number of hydrogen-bond donors (Lipinski definition) is 1. The summed E-state index contributed by atoms with van der Waals surface area (Å²) in [5, 5.41) is 0. The molecule has 1 atom stereocenters. The Morgan fingerprint density at radius 2 is 1.89 bits per heavy atom. The lowest BCUT2D eigenvalue weighted by Gasteiger charge is -2.26. The van der Waals surface area contributed by atoms with Crippen molar-refractivity contribution >= 4 is 0 Å². The second-order valence-electron chi connectivity index (χ2n) is 4.95. The summed E-state index contributed by atoms with van der Waals surface area (Å²) < 4.78 is 0. The van der Waals surface area contributed by atoms with Gasteiger partial charge in [-0.2, -0.15) is 0 Å². The molecule has 0 bridgehead atoms. The highest BCUT2D eigenvalue weighted by atomic mass is 14.8. The maximum atomic E-state index is 6.26. The van der Waals surface area contributed by atoms with Crippen LogP contribution in [0.1, 0.15) is 47.9 Å². The van der Waals surface area contributed by atoms with Crippen LogP contribution in [0.5, 0.6) is 0 Å². The first kappa shape index (κ1) is 11.4. The molecule has 3 nitrogen and oxygen atoms in total. The highest BCUT2D eigenvalue weighted by molar-refractivity contribution is 5.33. The Morgan fingerprint density at radius 1 is 1.11 bits per heavy atom. The lowest BCUT2D eigenvalue weighted by atomic mass is 9.79. The molecule has 3 heteroatoms. The molecular formula is C15H17N3. The molecule has 0 aliphatic heterocycles. The molecule has 0 spiro atoms. The second-order valence-corrected chi connectivity index (χ2v) is 4.95. The highest BCUT2D eigenvalue weighted by Gasteiger charge is 2.20. The van der Waals surface area contributed by atoms with Crippen molar-refractivity contribution in [3.05, 3.63) is 59.7 Å². The number of rotatable bonds is 3. The van der Waals surface area contributed by atoms with Crippen LogP contribution >= 0.6 is 0 Å². The van der Waals surface area contributed by atoms with Crippen molar-refractivity contribution in [2.75, 3.05) is 0 Å². The van der Waals surface area contributed by atoms with E-state index in [1.807, 2.05) is 0 Å². The maximum Gasteiger partial charge on any atom is 0.115 e. The Morgan fingerprint density at radius 3 is 2.56 bits per heavy atom. The van der Waals surface area contributed by atoms with Crippen LogP contribution in [0.2, 0.25) is 0 Å². The molecule has 1 heterocycles. The zero-order chi connectivity index (χ0) is 12.4. The van der Waals surface area contributed by atoms with Crippen LogP contribution in [0.15, 0.2) is 43.0 Å². The molecule has 3 rings (SSSR count). The fourth-order valence-corrected chi connectivity index (χ4v) is 2.41. The molecule has 1 saturated carbocycles. The topological polar surface area (TPSA) is 51.8 Å². The Bertz CT molecular complexity index is 520. The fraction of sp³-hybridized carbons (Fsp3) is 0.333. The number of aromatic nitrogens is 2. The molecule has 0 amide bonds. The minimum Gasteiger partial charge on any atom is -0.320 e. The van der Waals surface area contributed by atoms with Gasteiger partial charge in [0.1, 0.15) is 6.33 Å². The minimum atomic E-state index is -0.133. The summed E-state index contributed by atoms with van der Waals surface area (Å²) in [6, 6.07) is 8.50. The second kappa shape index (κ2) is 4.86. The molecule has 1 fully saturated rings.